The zero-order valence-electron chi connectivity index (χ0n) is 24.0. The van der Waals surface area contributed by atoms with Gasteiger partial charge in [-0.2, -0.15) is 12.6 Å². The van der Waals surface area contributed by atoms with Gasteiger partial charge in [-0.15, -0.1) is 0 Å². The number of hydrogen-bond acceptors (Lipinski definition) is 6. The Morgan fingerprint density at radius 1 is 0.881 bits per heavy atom. The zero-order chi connectivity index (χ0) is 30.4. The number of imide groups is 1. The number of carbonyl (C=O) groups excluding carboxylic acids is 5. The summed E-state index contributed by atoms with van der Waals surface area (Å²) in [5.41, 5.74) is 2.58. The number of benzene rings is 2. The fraction of sp³-hybridized carbons (Fsp3) is 0.387. The molecule has 0 fully saturated rings. The van der Waals surface area contributed by atoms with Crippen LogP contribution in [-0.4, -0.2) is 70.3 Å². The Bertz CT molecular complexity index is 1450. The predicted octanol–water partition coefficient (Wildman–Crippen LogP) is 2.85. The third-order valence-electron chi connectivity index (χ3n) is 7.36. The Labute approximate surface area is 250 Å². The number of nitrogens with zero attached hydrogens (tertiary/aromatic N) is 1. The van der Waals surface area contributed by atoms with Crippen LogP contribution < -0.4 is 16.0 Å². The van der Waals surface area contributed by atoms with Crippen LogP contribution in [0.2, 0.25) is 0 Å². The van der Waals surface area contributed by atoms with Gasteiger partial charge >= 0.3 is 0 Å². The number of amides is 5. The number of thiol groups is 1. The highest BCUT2D eigenvalue weighted by Crippen LogP contribution is 2.23. The van der Waals surface area contributed by atoms with E-state index in [9.17, 15) is 24.0 Å². The molecule has 1 aromatic heterocycles. The third kappa shape index (κ3) is 7.02. The highest BCUT2D eigenvalue weighted by molar-refractivity contribution is 7.81. The average molecular weight is 592 g/mol. The fourth-order valence-electron chi connectivity index (χ4n) is 5.16. The molecule has 0 saturated carbocycles. The summed E-state index contributed by atoms with van der Waals surface area (Å²) in [5, 5.41) is 8.45. The van der Waals surface area contributed by atoms with Gasteiger partial charge in [0.05, 0.1) is 16.4 Å². The summed E-state index contributed by atoms with van der Waals surface area (Å²) in [4.78, 5) is 68.8. The maximum Gasteiger partial charge on any atom is 0.261 e. The fourth-order valence-corrected chi connectivity index (χ4v) is 5.42. The van der Waals surface area contributed by atoms with Crippen LogP contribution in [0, 0.1) is 5.92 Å². The Balaban J connectivity index is 1.35. The topological polar surface area (TPSA) is 140 Å². The summed E-state index contributed by atoms with van der Waals surface area (Å²) in [6, 6.07) is 12.7. The molecule has 11 heteroatoms. The lowest BCUT2D eigenvalue weighted by atomic mass is 10.0. The molecule has 0 radical (unpaired) electrons. The van der Waals surface area contributed by atoms with Crippen molar-refractivity contribution in [1.82, 2.24) is 25.8 Å². The van der Waals surface area contributed by atoms with Crippen molar-refractivity contribution in [3.8, 4) is 0 Å². The minimum atomic E-state index is -0.876. The van der Waals surface area contributed by atoms with Crippen molar-refractivity contribution in [2.24, 2.45) is 5.92 Å². The molecule has 3 aromatic rings. The Kier molecular flexibility index (Phi) is 10.1. The minimum absolute atomic E-state index is 0.0836. The van der Waals surface area contributed by atoms with Gasteiger partial charge in [0.25, 0.3) is 11.8 Å². The molecule has 0 saturated heterocycles. The summed E-state index contributed by atoms with van der Waals surface area (Å²) in [6.45, 7) is 4.04. The molecule has 0 spiro atoms. The van der Waals surface area contributed by atoms with Gasteiger partial charge in [-0.25, -0.2) is 0 Å². The first kappa shape index (κ1) is 30.8. The van der Waals surface area contributed by atoms with Crippen molar-refractivity contribution in [2.45, 2.75) is 56.9 Å². The van der Waals surface area contributed by atoms with Crippen LogP contribution in [-0.2, 0) is 20.8 Å². The van der Waals surface area contributed by atoms with Crippen molar-refractivity contribution in [3.05, 3.63) is 71.4 Å². The molecule has 2 aromatic carbocycles. The largest absolute Gasteiger partial charge is 0.361 e. The number of nitrogens with one attached hydrogen (secondary N) is 4. The summed E-state index contributed by atoms with van der Waals surface area (Å²) in [7, 11) is 1.51. The van der Waals surface area contributed by atoms with Gasteiger partial charge < -0.3 is 20.9 Å². The van der Waals surface area contributed by atoms with Gasteiger partial charge in [-0.3, -0.25) is 28.9 Å². The van der Waals surface area contributed by atoms with E-state index in [0.29, 0.717) is 30.4 Å². The standard InChI is InChI=1S/C31H37N5O5S/c1-18(2)15-24(28(38)34-25(27(37)32-3)16-19-17-33-23-12-7-6-9-20(19)23)35-29(39)26(42)13-8-14-36-30(40)21-10-4-5-11-22(21)31(36)41/h4-7,9-12,17-18,24-26,33,42H,8,13-16H2,1-3H3,(H,32,37)(H,34,38)(H,35,39)/t24-,25-,26?/m0/s1. The van der Waals surface area contributed by atoms with Crippen LogP contribution in [0.15, 0.2) is 54.7 Å². The molecule has 4 N–H and O–H groups in total. The molecule has 4 rings (SSSR count). The molecule has 0 aliphatic carbocycles. The number of aromatic nitrogens is 1. The number of carbonyl (C=O) groups is 5. The number of rotatable bonds is 13. The Morgan fingerprint density at radius 3 is 2.14 bits per heavy atom. The van der Waals surface area contributed by atoms with Crippen LogP contribution in [0.1, 0.15) is 59.4 Å². The minimum Gasteiger partial charge on any atom is -0.361 e. The lowest BCUT2D eigenvalue weighted by molar-refractivity contribution is -0.132. The van der Waals surface area contributed by atoms with E-state index in [1.807, 2.05) is 44.3 Å². The molecular formula is C31H37N5O5S. The normalized spacial score (nSPS) is 14.9. The molecule has 5 amide bonds. The van der Waals surface area contributed by atoms with Gasteiger partial charge in [-0.05, 0) is 48.9 Å². The smallest absolute Gasteiger partial charge is 0.261 e. The molecule has 1 aliphatic rings. The second-order valence-corrected chi connectivity index (χ2v) is 11.5. The number of hydrogen-bond donors (Lipinski definition) is 5. The number of fused-ring (bicyclic) bond motifs is 2. The van der Waals surface area contributed by atoms with Crippen LogP contribution in [0.4, 0.5) is 0 Å². The molecule has 222 valence electrons. The van der Waals surface area contributed by atoms with Crippen LogP contribution in [0.3, 0.4) is 0 Å². The van der Waals surface area contributed by atoms with Gasteiger partial charge in [-0.1, -0.05) is 44.2 Å². The second kappa shape index (κ2) is 13.7. The van der Waals surface area contributed by atoms with E-state index in [4.69, 9.17) is 0 Å². The lowest BCUT2D eigenvalue weighted by Crippen LogP contribution is -2.55. The van der Waals surface area contributed by atoms with Crippen molar-refractivity contribution < 1.29 is 24.0 Å². The van der Waals surface area contributed by atoms with E-state index in [-0.39, 0.29) is 36.6 Å². The van der Waals surface area contributed by atoms with Crippen molar-refractivity contribution in [2.75, 3.05) is 13.6 Å². The van der Waals surface area contributed by atoms with Gasteiger partial charge in [0.1, 0.15) is 12.1 Å². The summed E-state index contributed by atoms with van der Waals surface area (Å²) in [5.74, 6) is -1.85. The molecule has 1 unspecified atom stereocenters. The first-order valence-corrected chi connectivity index (χ1v) is 14.6. The zero-order valence-corrected chi connectivity index (χ0v) is 24.9. The predicted molar refractivity (Wildman–Crippen MR) is 163 cm³/mol. The van der Waals surface area contributed by atoms with E-state index in [0.717, 1.165) is 16.5 Å². The molecule has 42 heavy (non-hydrogen) atoms. The number of para-hydroxylation sites is 1. The maximum absolute atomic E-state index is 13.4. The number of likely N-dealkylation sites (N-methyl/N-ethyl adjacent to an activating group) is 1. The van der Waals surface area contributed by atoms with E-state index in [2.05, 4.69) is 33.6 Å². The van der Waals surface area contributed by atoms with Crippen molar-refractivity contribution in [3.63, 3.8) is 0 Å². The van der Waals surface area contributed by atoms with Crippen molar-refractivity contribution >= 4 is 53.1 Å². The van der Waals surface area contributed by atoms with E-state index in [1.165, 1.54) is 11.9 Å². The molecule has 1 aliphatic heterocycles. The van der Waals surface area contributed by atoms with Gasteiger partial charge in [0.2, 0.25) is 17.7 Å². The highest BCUT2D eigenvalue weighted by atomic mass is 32.1. The lowest BCUT2D eigenvalue weighted by Gasteiger charge is -2.25. The third-order valence-corrected chi connectivity index (χ3v) is 7.85. The highest BCUT2D eigenvalue weighted by Gasteiger charge is 2.35. The van der Waals surface area contributed by atoms with Crippen LogP contribution >= 0.6 is 12.6 Å². The van der Waals surface area contributed by atoms with E-state index < -0.39 is 29.1 Å². The van der Waals surface area contributed by atoms with Gasteiger partial charge in [0.15, 0.2) is 0 Å². The molecule has 0 bridgehead atoms. The maximum atomic E-state index is 13.4. The summed E-state index contributed by atoms with van der Waals surface area (Å²) >= 11 is 4.44. The van der Waals surface area contributed by atoms with Gasteiger partial charge in [0, 0.05) is 37.1 Å². The Morgan fingerprint density at radius 2 is 1.50 bits per heavy atom. The quantitative estimate of drug-likeness (QED) is 0.154. The molecular weight excluding hydrogens is 554 g/mol. The van der Waals surface area contributed by atoms with E-state index >= 15 is 0 Å². The number of aromatic amines is 1. The molecule has 10 nitrogen and oxygen atoms in total. The van der Waals surface area contributed by atoms with Crippen LogP contribution in [0.25, 0.3) is 10.9 Å². The Hall–Kier alpha value is -4.12. The van der Waals surface area contributed by atoms with Crippen molar-refractivity contribution in [1.29, 1.82) is 0 Å². The first-order chi connectivity index (χ1) is 20.1. The monoisotopic (exact) mass is 591 g/mol. The molecule has 3 atom stereocenters. The molecule has 2 heterocycles. The SMILES string of the molecule is CNC(=O)[C@H](Cc1c[nH]c2ccccc12)NC(=O)[C@H](CC(C)C)NC(=O)C(S)CCCN1C(=O)c2ccccc2C1=O. The number of H-pyrrole nitrogens is 1. The van der Waals surface area contributed by atoms with Crippen LogP contribution in [0.5, 0.6) is 0 Å². The van der Waals surface area contributed by atoms with E-state index in [1.54, 1.807) is 24.3 Å². The average Bonchev–Trinajstić information content (AvgIpc) is 3.49. The summed E-state index contributed by atoms with van der Waals surface area (Å²) < 4.78 is 0. The summed E-state index contributed by atoms with van der Waals surface area (Å²) in [6.07, 6.45) is 3.12. The first-order valence-electron chi connectivity index (χ1n) is 14.1. The second-order valence-electron chi connectivity index (χ2n) is 10.9.